The Morgan fingerprint density at radius 1 is 1.07 bits per heavy atom. The molecule has 0 atom stereocenters. The van der Waals surface area contributed by atoms with E-state index < -0.39 is 0 Å². The maximum atomic E-state index is 12.2. The predicted octanol–water partition coefficient (Wildman–Crippen LogP) is 4.09. The Bertz CT molecular complexity index is 927. The van der Waals surface area contributed by atoms with Crippen molar-refractivity contribution in [3.63, 3.8) is 0 Å². The maximum Gasteiger partial charge on any atom is 0.226 e. The van der Waals surface area contributed by atoms with Gasteiger partial charge in [-0.1, -0.05) is 53.4 Å². The molecule has 0 aliphatic heterocycles. The topological polar surface area (TPSA) is 81.2 Å². The third kappa shape index (κ3) is 5.90. The maximum absolute atomic E-state index is 12.2. The van der Waals surface area contributed by atoms with Crippen molar-refractivity contribution in [3.8, 4) is 5.75 Å². The molecule has 2 aromatic carbocycles. The van der Waals surface area contributed by atoms with Gasteiger partial charge in [-0.05, 0) is 36.2 Å². The molecule has 0 unspecified atom stereocenters. The summed E-state index contributed by atoms with van der Waals surface area (Å²) in [6.45, 7) is 0. The van der Waals surface area contributed by atoms with Gasteiger partial charge >= 0.3 is 0 Å². The van der Waals surface area contributed by atoms with Crippen LogP contribution in [-0.2, 0) is 11.2 Å². The van der Waals surface area contributed by atoms with Crippen LogP contribution in [0.1, 0.15) is 22.3 Å². The fourth-order valence-corrected chi connectivity index (χ4v) is 4.05. The van der Waals surface area contributed by atoms with Gasteiger partial charge in [0.25, 0.3) is 0 Å². The SMILES string of the molecule is COc1ccc(C(=O)CSc2nnc(NC(=O)CCc3ccccc3)s2)cc1. The molecule has 0 spiro atoms. The third-order valence-corrected chi connectivity index (χ3v) is 5.85. The number of aromatic nitrogens is 2. The second-order valence-corrected chi connectivity index (χ2v) is 8.05. The Morgan fingerprint density at radius 2 is 1.82 bits per heavy atom. The molecule has 0 radical (unpaired) electrons. The van der Waals surface area contributed by atoms with Crippen molar-refractivity contribution in [1.29, 1.82) is 0 Å². The highest BCUT2D eigenvalue weighted by Gasteiger charge is 2.12. The summed E-state index contributed by atoms with van der Waals surface area (Å²) in [5.74, 6) is 0.853. The molecule has 0 saturated carbocycles. The minimum atomic E-state index is -0.106. The van der Waals surface area contributed by atoms with Crippen LogP contribution in [0.25, 0.3) is 0 Å². The van der Waals surface area contributed by atoms with E-state index in [4.69, 9.17) is 4.74 Å². The number of amides is 1. The van der Waals surface area contributed by atoms with E-state index >= 15 is 0 Å². The van der Waals surface area contributed by atoms with Gasteiger partial charge in [0, 0.05) is 12.0 Å². The van der Waals surface area contributed by atoms with Crippen LogP contribution in [0, 0.1) is 0 Å². The number of ether oxygens (including phenoxy) is 1. The first-order valence-corrected chi connectivity index (χ1v) is 10.4. The zero-order valence-corrected chi connectivity index (χ0v) is 16.9. The van der Waals surface area contributed by atoms with Gasteiger partial charge in [-0.2, -0.15) is 0 Å². The van der Waals surface area contributed by atoms with Gasteiger partial charge in [-0.25, -0.2) is 0 Å². The van der Waals surface area contributed by atoms with Crippen LogP contribution in [0.4, 0.5) is 5.13 Å². The molecular formula is C20H19N3O3S2. The average molecular weight is 414 g/mol. The molecule has 3 aromatic rings. The Kier molecular flexibility index (Phi) is 7.16. The van der Waals surface area contributed by atoms with Crippen molar-refractivity contribution < 1.29 is 14.3 Å². The Morgan fingerprint density at radius 3 is 2.54 bits per heavy atom. The van der Waals surface area contributed by atoms with Gasteiger partial charge < -0.3 is 10.1 Å². The number of Topliss-reactive ketones (excluding diaryl/α,β-unsaturated/α-hetero) is 1. The van der Waals surface area contributed by atoms with Gasteiger partial charge in [0.1, 0.15) is 5.75 Å². The van der Waals surface area contributed by atoms with E-state index in [0.29, 0.717) is 33.6 Å². The second-order valence-electron chi connectivity index (χ2n) is 5.85. The Labute approximate surface area is 171 Å². The molecular weight excluding hydrogens is 394 g/mol. The summed E-state index contributed by atoms with van der Waals surface area (Å²) < 4.78 is 5.73. The minimum Gasteiger partial charge on any atom is -0.497 e. The van der Waals surface area contributed by atoms with Gasteiger partial charge in [0.15, 0.2) is 10.1 Å². The lowest BCUT2D eigenvalue weighted by Crippen LogP contribution is -2.12. The summed E-state index contributed by atoms with van der Waals surface area (Å²) >= 11 is 2.57. The molecule has 0 fully saturated rings. The normalized spacial score (nSPS) is 10.5. The molecule has 1 N–H and O–H groups in total. The number of ketones is 1. The number of thioether (sulfide) groups is 1. The van der Waals surface area contributed by atoms with Crippen molar-refractivity contribution in [2.45, 2.75) is 17.2 Å². The fourth-order valence-electron chi connectivity index (χ4n) is 2.39. The summed E-state index contributed by atoms with van der Waals surface area (Å²) in [4.78, 5) is 24.3. The van der Waals surface area contributed by atoms with Gasteiger partial charge in [0.05, 0.1) is 12.9 Å². The molecule has 1 amide bonds. The summed E-state index contributed by atoms with van der Waals surface area (Å²) in [5, 5.41) is 11.2. The second kappa shape index (κ2) is 10.0. The first-order valence-electron chi connectivity index (χ1n) is 8.61. The van der Waals surface area contributed by atoms with Crippen molar-refractivity contribution in [1.82, 2.24) is 10.2 Å². The van der Waals surface area contributed by atoms with Crippen LogP contribution in [0.2, 0.25) is 0 Å². The minimum absolute atomic E-state index is 0.00343. The van der Waals surface area contributed by atoms with E-state index in [9.17, 15) is 9.59 Å². The number of rotatable bonds is 9. The number of nitrogens with one attached hydrogen (secondary N) is 1. The Hall–Kier alpha value is -2.71. The number of methoxy groups -OCH3 is 1. The molecule has 3 rings (SSSR count). The largest absolute Gasteiger partial charge is 0.497 e. The zero-order chi connectivity index (χ0) is 19.8. The van der Waals surface area contributed by atoms with E-state index in [1.807, 2.05) is 30.3 Å². The molecule has 1 aromatic heterocycles. The molecule has 144 valence electrons. The van der Waals surface area contributed by atoms with Crippen LogP contribution in [0.3, 0.4) is 0 Å². The summed E-state index contributed by atoms with van der Waals surface area (Å²) in [7, 11) is 1.58. The van der Waals surface area contributed by atoms with Crippen LogP contribution in [0.15, 0.2) is 58.9 Å². The number of carbonyl (C=O) groups is 2. The number of anilines is 1. The third-order valence-electron chi connectivity index (χ3n) is 3.88. The fraction of sp³-hybridized carbons (Fsp3) is 0.200. The molecule has 28 heavy (non-hydrogen) atoms. The van der Waals surface area contributed by atoms with Crippen LogP contribution in [-0.4, -0.2) is 34.8 Å². The molecule has 0 saturated heterocycles. The van der Waals surface area contributed by atoms with Crippen molar-refractivity contribution in [2.24, 2.45) is 0 Å². The summed E-state index contributed by atoms with van der Waals surface area (Å²) in [5.41, 5.74) is 1.73. The standard InChI is InChI=1S/C20H19N3O3S2/c1-26-16-10-8-15(9-11-16)17(24)13-27-20-23-22-19(28-20)21-18(25)12-7-14-5-3-2-4-6-14/h2-6,8-11H,7,12-13H2,1H3,(H,21,22,25). The van der Waals surface area contributed by atoms with E-state index in [1.54, 1.807) is 31.4 Å². The van der Waals surface area contributed by atoms with Crippen molar-refractivity contribution in [2.75, 3.05) is 18.2 Å². The van der Waals surface area contributed by atoms with Crippen LogP contribution < -0.4 is 10.1 Å². The summed E-state index contributed by atoms with van der Waals surface area (Å²) in [6, 6.07) is 16.8. The number of carbonyl (C=O) groups excluding carboxylic acids is 2. The lowest BCUT2D eigenvalue weighted by Gasteiger charge is -2.02. The van der Waals surface area contributed by atoms with Crippen molar-refractivity contribution >= 4 is 39.9 Å². The van der Waals surface area contributed by atoms with E-state index in [-0.39, 0.29) is 17.4 Å². The number of hydrogen-bond acceptors (Lipinski definition) is 7. The number of aryl methyl sites for hydroxylation is 1. The van der Waals surface area contributed by atoms with Gasteiger partial charge in [-0.3, -0.25) is 9.59 Å². The van der Waals surface area contributed by atoms with Crippen LogP contribution >= 0.6 is 23.1 Å². The van der Waals surface area contributed by atoms with Gasteiger partial charge in [-0.15, -0.1) is 10.2 Å². The van der Waals surface area contributed by atoms with E-state index in [2.05, 4.69) is 15.5 Å². The molecule has 0 aliphatic rings. The first kappa shape index (κ1) is 20.0. The lowest BCUT2D eigenvalue weighted by molar-refractivity contribution is -0.116. The Balaban J connectivity index is 1.45. The van der Waals surface area contributed by atoms with Crippen molar-refractivity contribution in [3.05, 3.63) is 65.7 Å². The average Bonchev–Trinajstić information content (AvgIpc) is 3.18. The molecule has 0 bridgehead atoms. The van der Waals surface area contributed by atoms with E-state index in [0.717, 1.165) is 5.56 Å². The highest BCUT2D eigenvalue weighted by atomic mass is 32.2. The van der Waals surface area contributed by atoms with Crippen LogP contribution in [0.5, 0.6) is 5.75 Å². The molecule has 8 heteroatoms. The highest BCUT2D eigenvalue weighted by molar-refractivity contribution is 8.01. The molecule has 1 heterocycles. The molecule has 6 nitrogen and oxygen atoms in total. The predicted molar refractivity (Wildman–Crippen MR) is 111 cm³/mol. The van der Waals surface area contributed by atoms with E-state index in [1.165, 1.54) is 23.1 Å². The summed E-state index contributed by atoms with van der Waals surface area (Å²) in [6.07, 6.45) is 1.05. The smallest absolute Gasteiger partial charge is 0.226 e. The number of benzene rings is 2. The quantitative estimate of drug-likeness (QED) is 0.323. The monoisotopic (exact) mass is 413 g/mol. The number of hydrogen-bond donors (Lipinski definition) is 1. The van der Waals surface area contributed by atoms with Gasteiger partial charge in [0.2, 0.25) is 11.0 Å². The first-order chi connectivity index (χ1) is 13.6. The highest BCUT2D eigenvalue weighted by Crippen LogP contribution is 2.26. The number of nitrogens with zero attached hydrogens (tertiary/aromatic N) is 2. The molecule has 0 aliphatic carbocycles. The lowest BCUT2D eigenvalue weighted by atomic mass is 10.1. The zero-order valence-electron chi connectivity index (χ0n) is 15.3.